The molecule has 7 nitrogen and oxygen atoms in total. The molecule has 2 heterocycles. The van der Waals surface area contributed by atoms with Gasteiger partial charge in [-0.3, -0.25) is 9.59 Å². The number of carbonyl (C=O) groups is 2. The molecule has 140 valence electrons. The van der Waals surface area contributed by atoms with Gasteiger partial charge in [-0.05, 0) is 38.0 Å². The number of amides is 2. The zero-order valence-corrected chi connectivity index (χ0v) is 15.8. The fourth-order valence-corrected chi connectivity index (χ4v) is 5.67. The Labute approximate surface area is 149 Å². The molecule has 8 heteroatoms. The summed E-state index contributed by atoms with van der Waals surface area (Å²) in [6, 6.07) is -0.203. The summed E-state index contributed by atoms with van der Waals surface area (Å²) >= 11 is 0. The highest BCUT2D eigenvalue weighted by atomic mass is 32.2. The quantitative estimate of drug-likeness (QED) is 0.748. The summed E-state index contributed by atoms with van der Waals surface area (Å²) in [4.78, 5) is 26.7. The number of hydrazone groups is 1. The maximum atomic E-state index is 12.8. The van der Waals surface area contributed by atoms with Crippen molar-refractivity contribution in [1.82, 2.24) is 9.91 Å². The Morgan fingerprint density at radius 1 is 1.16 bits per heavy atom. The van der Waals surface area contributed by atoms with Gasteiger partial charge >= 0.3 is 0 Å². The van der Waals surface area contributed by atoms with E-state index in [0.717, 1.165) is 25.7 Å². The lowest BCUT2D eigenvalue weighted by Gasteiger charge is -2.35. The number of carbonyl (C=O) groups excluding carboxylic acids is 2. The summed E-state index contributed by atoms with van der Waals surface area (Å²) in [5.41, 5.74) is 0.380. The second-order valence-corrected chi connectivity index (χ2v) is 9.90. The molecule has 0 aromatic carbocycles. The van der Waals surface area contributed by atoms with Crippen molar-refractivity contribution in [3.05, 3.63) is 0 Å². The van der Waals surface area contributed by atoms with E-state index in [1.165, 1.54) is 5.01 Å². The third kappa shape index (κ3) is 4.04. The molecule has 0 unspecified atom stereocenters. The van der Waals surface area contributed by atoms with E-state index < -0.39 is 15.9 Å². The van der Waals surface area contributed by atoms with Crippen LogP contribution in [0.4, 0.5) is 0 Å². The van der Waals surface area contributed by atoms with Crippen LogP contribution in [0.15, 0.2) is 5.10 Å². The van der Waals surface area contributed by atoms with E-state index in [1.54, 1.807) is 4.90 Å². The molecule has 0 aromatic rings. The average molecular weight is 369 g/mol. The van der Waals surface area contributed by atoms with Gasteiger partial charge in [-0.1, -0.05) is 6.92 Å². The lowest BCUT2D eigenvalue weighted by atomic mass is 9.86. The summed E-state index contributed by atoms with van der Waals surface area (Å²) in [7, 11) is -1.29. The van der Waals surface area contributed by atoms with Gasteiger partial charge in [-0.15, -0.1) is 0 Å². The monoisotopic (exact) mass is 369 g/mol. The standard InChI is InChI=1S/C17H27N3O4S/c1-12-3-5-13(6-4-12)19(2)17(22)15-7-8-16(21)20(18-15)14-9-10-25(23,24)11-14/h12-14H,3-11H2,1-2H3/t12?,13?,14-/m1/s1. The Kier molecular flexibility index (Phi) is 5.18. The molecule has 1 atom stereocenters. The number of hydrogen-bond acceptors (Lipinski definition) is 5. The van der Waals surface area contributed by atoms with E-state index in [-0.39, 0.29) is 35.8 Å². The Bertz CT molecular complexity index is 680. The first-order chi connectivity index (χ1) is 11.8. The third-order valence-corrected chi connectivity index (χ3v) is 7.46. The topological polar surface area (TPSA) is 87.1 Å². The van der Waals surface area contributed by atoms with E-state index in [1.807, 2.05) is 7.05 Å². The van der Waals surface area contributed by atoms with Crippen molar-refractivity contribution >= 4 is 27.4 Å². The predicted octanol–water partition coefficient (Wildman–Crippen LogP) is 1.19. The molecule has 1 aliphatic carbocycles. The van der Waals surface area contributed by atoms with Crippen molar-refractivity contribution in [2.24, 2.45) is 11.0 Å². The maximum absolute atomic E-state index is 12.8. The van der Waals surface area contributed by atoms with Crippen molar-refractivity contribution in [3.8, 4) is 0 Å². The number of sulfone groups is 1. The SMILES string of the molecule is CC1CCC(N(C)C(=O)C2=NN([C@@H]3CCS(=O)(=O)C3)C(=O)CC2)CC1. The molecule has 3 rings (SSSR count). The zero-order chi connectivity index (χ0) is 18.2. The fraction of sp³-hybridized carbons (Fsp3) is 0.824. The Morgan fingerprint density at radius 2 is 1.84 bits per heavy atom. The first-order valence-corrected chi connectivity index (χ1v) is 11.0. The predicted molar refractivity (Wildman–Crippen MR) is 94.8 cm³/mol. The minimum atomic E-state index is -3.10. The molecule has 0 spiro atoms. The van der Waals surface area contributed by atoms with Gasteiger partial charge in [0.15, 0.2) is 9.84 Å². The first-order valence-electron chi connectivity index (χ1n) is 9.14. The molecule has 0 bridgehead atoms. The van der Waals surface area contributed by atoms with E-state index in [0.29, 0.717) is 24.5 Å². The smallest absolute Gasteiger partial charge is 0.270 e. The lowest BCUT2D eigenvalue weighted by Crippen LogP contribution is -2.47. The molecule has 1 saturated heterocycles. The zero-order valence-electron chi connectivity index (χ0n) is 15.0. The summed E-state index contributed by atoms with van der Waals surface area (Å²) in [6.45, 7) is 2.24. The number of hydrogen-bond donors (Lipinski definition) is 0. The van der Waals surface area contributed by atoms with Crippen LogP contribution in [-0.4, -0.2) is 66.5 Å². The van der Waals surface area contributed by atoms with Crippen LogP contribution < -0.4 is 0 Å². The van der Waals surface area contributed by atoms with E-state index in [2.05, 4.69) is 12.0 Å². The molecule has 2 amide bonds. The number of rotatable bonds is 3. The van der Waals surface area contributed by atoms with Crippen molar-refractivity contribution in [2.75, 3.05) is 18.6 Å². The van der Waals surface area contributed by atoms with Crippen LogP contribution in [0.3, 0.4) is 0 Å². The van der Waals surface area contributed by atoms with Crippen LogP contribution in [0.5, 0.6) is 0 Å². The molecular weight excluding hydrogens is 342 g/mol. The van der Waals surface area contributed by atoms with Crippen molar-refractivity contribution in [2.45, 2.75) is 64.0 Å². The summed E-state index contributed by atoms with van der Waals surface area (Å²) in [5.74, 6) is 0.426. The van der Waals surface area contributed by atoms with Crippen LogP contribution >= 0.6 is 0 Å². The maximum Gasteiger partial charge on any atom is 0.270 e. The fourth-order valence-electron chi connectivity index (χ4n) is 3.98. The van der Waals surface area contributed by atoms with Gasteiger partial charge in [0.25, 0.3) is 5.91 Å². The van der Waals surface area contributed by atoms with Crippen LogP contribution in [0.2, 0.25) is 0 Å². The molecule has 2 aliphatic heterocycles. The number of nitrogens with zero attached hydrogens (tertiary/aromatic N) is 3. The molecule has 2 fully saturated rings. The molecule has 3 aliphatic rings. The molecule has 0 aromatic heterocycles. The highest BCUT2D eigenvalue weighted by Gasteiger charge is 2.38. The van der Waals surface area contributed by atoms with Gasteiger partial charge in [0.1, 0.15) is 5.71 Å². The molecule has 0 radical (unpaired) electrons. The minimum absolute atomic E-state index is 0.0555. The highest BCUT2D eigenvalue weighted by Crippen LogP contribution is 2.27. The second kappa shape index (κ2) is 7.05. The summed E-state index contributed by atoms with van der Waals surface area (Å²) in [6.07, 6.45) is 5.20. The normalized spacial score (nSPS) is 32.4. The molecular formula is C17H27N3O4S. The van der Waals surface area contributed by atoms with Crippen LogP contribution in [0, 0.1) is 5.92 Å². The van der Waals surface area contributed by atoms with Gasteiger partial charge in [-0.25, -0.2) is 13.4 Å². The van der Waals surface area contributed by atoms with Gasteiger partial charge in [0.2, 0.25) is 5.91 Å². The van der Waals surface area contributed by atoms with Gasteiger partial charge < -0.3 is 4.90 Å². The van der Waals surface area contributed by atoms with Gasteiger partial charge in [0, 0.05) is 25.9 Å². The van der Waals surface area contributed by atoms with Crippen molar-refractivity contribution in [1.29, 1.82) is 0 Å². The highest BCUT2D eigenvalue weighted by molar-refractivity contribution is 7.91. The Hall–Kier alpha value is -1.44. The first kappa shape index (κ1) is 18.4. The van der Waals surface area contributed by atoms with Crippen LogP contribution in [0.1, 0.15) is 51.9 Å². The molecule has 1 saturated carbocycles. The van der Waals surface area contributed by atoms with E-state index in [9.17, 15) is 18.0 Å². The van der Waals surface area contributed by atoms with Crippen molar-refractivity contribution < 1.29 is 18.0 Å². The van der Waals surface area contributed by atoms with Crippen LogP contribution in [-0.2, 0) is 19.4 Å². The van der Waals surface area contributed by atoms with Crippen molar-refractivity contribution in [3.63, 3.8) is 0 Å². The lowest BCUT2D eigenvalue weighted by molar-refractivity contribution is -0.134. The third-order valence-electron chi connectivity index (χ3n) is 5.71. The second-order valence-electron chi connectivity index (χ2n) is 7.67. The Morgan fingerprint density at radius 3 is 2.44 bits per heavy atom. The van der Waals surface area contributed by atoms with Gasteiger partial charge in [0.05, 0.1) is 17.5 Å². The van der Waals surface area contributed by atoms with E-state index in [4.69, 9.17) is 0 Å². The largest absolute Gasteiger partial charge is 0.338 e. The van der Waals surface area contributed by atoms with Crippen LogP contribution in [0.25, 0.3) is 0 Å². The summed E-state index contributed by atoms with van der Waals surface area (Å²) in [5, 5.41) is 5.55. The summed E-state index contributed by atoms with van der Waals surface area (Å²) < 4.78 is 23.4. The molecule has 0 N–H and O–H groups in total. The van der Waals surface area contributed by atoms with E-state index >= 15 is 0 Å². The molecule has 25 heavy (non-hydrogen) atoms. The Balaban J connectivity index is 1.71. The van der Waals surface area contributed by atoms with Gasteiger partial charge in [-0.2, -0.15) is 5.10 Å². The average Bonchev–Trinajstić information content (AvgIpc) is 2.94. The minimum Gasteiger partial charge on any atom is -0.338 e.